The van der Waals surface area contributed by atoms with Crippen molar-refractivity contribution < 1.29 is 4.39 Å². The van der Waals surface area contributed by atoms with Crippen molar-refractivity contribution in [2.45, 2.75) is 51.5 Å². The Morgan fingerprint density at radius 1 is 1.28 bits per heavy atom. The molecule has 2 aliphatic rings. The van der Waals surface area contributed by atoms with Crippen LogP contribution in [-0.2, 0) is 12.0 Å². The third-order valence-electron chi connectivity index (χ3n) is 6.49. The smallest absolute Gasteiger partial charge is 0.191 e. The standard InChI is InChI=1S/C24H34FN5S.HI/c1-3-26-23(28-17-24(9-10-24)20-5-4-6-21(25)13-20)27-14-19-7-11-30(12-8-19)15-22-16-31-18(2)29-22;/h4-6,13,16,19H,3,7-12,14-15,17H2,1-2H3,(H2,26,27,28);1H. The van der Waals surface area contributed by atoms with E-state index in [2.05, 4.69) is 39.7 Å². The molecule has 2 aromatic rings. The molecule has 176 valence electrons. The van der Waals surface area contributed by atoms with Gasteiger partial charge in [-0.15, -0.1) is 35.3 Å². The normalized spacial score (nSPS) is 18.8. The number of aromatic nitrogens is 1. The average Bonchev–Trinajstić information content (AvgIpc) is 3.46. The van der Waals surface area contributed by atoms with Gasteiger partial charge in [0.2, 0.25) is 0 Å². The van der Waals surface area contributed by atoms with Crippen LogP contribution in [0.3, 0.4) is 0 Å². The summed E-state index contributed by atoms with van der Waals surface area (Å²) < 4.78 is 13.7. The Balaban J connectivity index is 0.00000289. The van der Waals surface area contributed by atoms with E-state index in [-0.39, 0.29) is 35.2 Å². The van der Waals surface area contributed by atoms with Crippen LogP contribution in [0.15, 0.2) is 34.6 Å². The second kappa shape index (κ2) is 11.7. The van der Waals surface area contributed by atoms with E-state index in [1.54, 1.807) is 23.5 Å². The highest BCUT2D eigenvalue weighted by molar-refractivity contribution is 14.0. The van der Waals surface area contributed by atoms with Crippen molar-refractivity contribution in [2.24, 2.45) is 10.9 Å². The molecule has 1 aromatic carbocycles. The molecular weight excluding hydrogens is 536 g/mol. The highest BCUT2D eigenvalue weighted by Crippen LogP contribution is 2.48. The Hall–Kier alpha value is -1.26. The number of aryl methyl sites for hydroxylation is 1. The second-order valence-corrected chi connectivity index (χ2v) is 10.0. The Morgan fingerprint density at radius 3 is 2.69 bits per heavy atom. The van der Waals surface area contributed by atoms with Gasteiger partial charge in [0.15, 0.2) is 5.96 Å². The number of halogens is 2. The Bertz CT molecular complexity index is 890. The predicted octanol–water partition coefficient (Wildman–Crippen LogP) is 4.71. The number of hydrogen-bond donors (Lipinski definition) is 2. The minimum Gasteiger partial charge on any atom is -0.357 e. The number of piperidine rings is 1. The van der Waals surface area contributed by atoms with Crippen molar-refractivity contribution in [3.8, 4) is 0 Å². The van der Waals surface area contributed by atoms with Crippen molar-refractivity contribution in [2.75, 3.05) is 32.7 Å². The molecule has 0 amide bonds. The first kappa shape index (κ1) is 25.4. The van der Waals surface area contributed by atoms with Crippen LogP contribution in [0.2, 0.25) is 0 Å². The van der Waals surface area contributed by atoms with Gasteiger partial charge in [-0.2, -0.15) is 0 Å². The van der Waals surface area contributed by atoms with Gasteiger partial charge in [0, 0.05) is 30.4 Å². The fourth-order valence-electron chi connectivity index (χ4n) is 4.38. The van der Waals surface area contributed by atoms with Gasteiger partial charge < -0.3 is 10.6 Å². The van der Waals surface area contributed by atoms with E-state index >= 15 is 0 Å². The maximum absolute atomic E-state index is 13.7. The molecular formula is C24H35FIN5S. The molecule has 0 bridgehead atoms. The Kier molecular flexibility index (Phi) is 9.31. The topological polar surface area (TPSA) is 52.6 Å². The van der Waals surface area contributed by atoms with Gasteiger partial charge in [-0.05, 0) is 76.2 Å². The number of nitrogens with one attached hydrogen (secondary N) is 2. The number of thiazole rings is 1. The van der Waals surface area contributed by atoms with Crippen molar-refractivity contribution in [3.63, 3.8) is 0 Å². The van der Waals surface area contributed by atoms with Crippen LogP contribution in [0.25, 0.3) is 0 Å². The first-order valence-electron chi connectivity index (χ1n) is 11.5. The molecule has 0 atom stereocenters. The Labute approximate surface area is 212 Å². The number of guanidine groups is 1. The molecule has 32 heavy (non-hydrogen) atoms. The summed E-state index contributed by atoms with van der Waals surface area (Å²) in [5.41, 5.74) is 2.30. The number of nitrogens with zero attached hydrogens (tertiary/aromatic N) is 3. The zero-order valence-corrected chi connectivity index (χ0v) is 22.2. The van der Waals surface area contributed by atoms with E-state index in [9.17, 15) is 4.39 Å². The van der Waals surface area contributed by atoms with Gasteiger partial charge in [0.25, 0.3) is 0 Å². The van der Waals surface area contributed by atoms with Crippen molar-refractivity contribution in [3.05, 3.63) is 51.7 Å². The number of hydrogen-bond acceptors (Lipinski definition) is 4. The summed E-state index contributed by atoms with van der Waals surface area (Å²) in [5, 5.41) is 10.3. The van der Waals surface area contributed by atoms with Crippen LogP contribution in [-0.4, -0.2) is 48.6 Å². The molecule has 0 unspecified atom stereocenters. The molecule has 0 radical (unpaired) electrons. The summed E-state index contributed by atoms with van der Waals surface area (Å²) in [6.45, 7) is 9.87. The highest BCUT2D eigenvalue weighted by Gasteiger charge is 2.44. The lowest BCUT2D eigenvalue weighted by atomic mass is 9.96. The molecule has 4 rings (SSSR count). The summed E-state index contributed by atoms with van der Waals surface area (Å²) in [4.78, 5) is 12.0. The van der Waals surface area contributed by atoms with Crippen molar-refractivity contribution in [1.29, 1.82) is 0 Å². The SMILES string of the molecule is CCNC(=NCC1(c2cccc(F)c2)CC1)NCC1CCN(Cc2csc(C)n2)CC1.I. The summed E-state index contributed by atoms with van der Waals surface area (Å²) in [5.74, 6) is 1.38. The van der Waals surface area contributed by atoms with Crippen LogP contribution in [0.4, 0.5) is 4.39 Å². The largest absolute Gasteiger partial charge is 0.357 e. The van der Waals surface area contributed by atoms with E-state index in [4.69, 9.17) is 4.99 Å². The summed E-state index contributed by atoms with van der Waals surface area (Å²) in [7, 11) is 0. The average molecular weight is 572 g/mol. The van der Waals surface area contributed by atoms with Crippen LogP contribution in [0, 0.1) is 18.7 Å². The van der Waals surface area contributed by atoms with Gasteiger partial charge in [-0.25, -0.2) is 9.37 Å². The zero-order valence-electron chi connectivity index (χ0n) is 19.1. The molecule has 1 aromatic heterocycles. The van der Waals surface area contributed by atoms with Crippen LogP contribution in [0.1, 0.15) is 48.9 Å². The molecule has 1 saturated carbocycles. The van der Waals surface area contributed by atoms with E-state index in [0.29, 0.717) is 12.5 Å². The summed E-state index contributed by atoms with van der Waals surface area (Å²) >= 11 is 1.73. The van der Waals surface area contributed by atoms with Crippen LogP contribution >= 0.6 is 35.3 Å². The van der Waals surface area contributed by atoms with Gasteiger partial charge in [0.1, 0.15) is 5.82 Å². The third-order valence-corrected chi connectivity index (χ3v) is 7.31. The number of aliphatic imine (C=N–C) groups is 1. The van der Waals surface area contributed by atoms with E-state index in [1.807, 2.05) is 6.07 Å². The molecule has 1 aliphatic carbocycles. The first-order chi connectivity index (χ1) is 15.1. The van der Waals surface area contributed by atoms with Gasteiger partial charge in [-0.3, -0.25) is 9.89 Å². The third kappa shape index (κ3) is 6.87. The van der Waals surface area contributed by atoms with E-state index in [1.165, 1.54) is 24.6 Å². The zero-order chi connectivity index (χ0) is 21.7. The molecule has 2 fully saturated rings. The first-order valence-corrected chi connectivity index (χ1v) is 12.4. The minimum absolute atomic E-state index is 0. The van der Waals surface area contributed by atoms with Crippen molar-refractivity contribution in [1.82, 2.24) is 20.5 Å². The van der Waals surface area contributed by atoms with Gasteiger partial charge in [0.05, 0.1) is 17.2 Å². The predicted molar refractivity (Wildman–Crippen MR) is 142 cm³/mol. The molecule has 8 heteroatoms. The quantitative estimate of drug-likeness (QED) is 0.274. The highest BCUT2D eigenvalue weighted by atomic mass is 127. The van der Waals surface area contributed by atoms with Crippen LogP contribution in [0.5, 0.6) is 0 Å². The minimum atomic E-state index is -0.158. The monoisotopic (exact) mass is 571 g/mol. The molecule has 0 spiro atoms. The van der Waals surface area contributed by atoms with Crippen LogP contribution < -0.4 is 10.6 Å². The summed E-state index contributed by atoms with van der Waals surface area (Å²) in [6, 6.07) is 7.02. The van der Waals surface area contributed by atoms with Crippen molar-refractivity contribution >= 4 is 41.3 Å². The molecule has 2 N–H and O–H groups in total. The maximum Gasteiger partial charge on any atom is 0.191 e. The molecule has 1 saturated heterocycles. The number of likely N-dealkylation sites (tertiary alicyclic amines) is 1. The lowest BCUT2D eigenvalue weighted by Gasteiger charge is -2.31. The lowest BCUT2D eigenvalue weighted by molar-refractivity contribution is 0.176. The lowest BCUT2D eigenvalue weighted by Crippen LogP contribution is -2.43. The maximum atomic E-state index is 13.7. The molecule has 5 nitrogen and oxygen atoms in total. The molecule has 1 aliphatic heterocycles. The fraction of sp³-hybridized carbons (Fsp3) is 0.583. The number of rotatable bonds is 8. The fourth-order valence-corrected chi connectivity index (χ4v) is 4.98. The van der Waals surface area contributed by atoms with Gasteiger partial charge >= 0.3 is 0 Å². The van der Waals surface area contributed by atoms with E-state index in [0.717, 1.165) is 62.1 Å². The summed E-state index contributed by atoms with van der Waals surface area (Å²) in [6.07, 6.45) is 4.55. The van der Waals surface area contributed by atoms with Gasteiger partial charge in [-0.1, -0.05) is 12.1 Å². The molecule has 2 heterocycles. The second-order valence-electron chi connectivity index (χ2n) is 8.94. The Morgan fingerprint density at radius 2 is 2.06 bits per heavy atom. The van der Waals surface area contributed by atoms with E-state index < -0.39 is 0 Å². The number of benzene rings is 1.